The van der Waals surface area contributed by atoms with Gasteiger partial charge in [0.15, 0.2) is 6.73 Å². The lowest BCUT2D eigenvalue weighted by molar-refractivity contribution is 0.195. The zero-order chi connectivity index (χ0) is 17.3. The molecule has 3 heteroatoms. The molecule has 1 saturated heterocycles. The second kappa shape index (κ2) is 6.65. The van der Waals surface area contributed by atoms with Gasteiger partial charge in [-0.15, -0.1) is 0 Å². The van der Waals surface area contributed by atoms with Crippen molar-refractivity contribution in [2.75, 3.05) is 24.7 Å². The van der Waals surface area contributed by atoms with E-state index in [1.807, 2.05) is 0 Å². The van der Waals surface area contributed by atoms with Crippen molar-refractivity contribution in [3.05, 3.63) is 72.3 Å². The predicted molar refractivity (Wildman–Crippen MR) is 107 cm³/mol. The van der Waals surface area contributed by atoms with E-state index >= 15 is 0 Å². The Morgan fingerprint density at radius 3 is 2.54 bits per heavy atom. The highest BCUT2D eigenvalue weighted by Gasteiger charge is 2.30. The molecule has 0 aromatic heterocycles. The Bertz CT molecular complexity index is 909. The van der Waals surface area contributed by atoms with Crippen LogP contribution in [-0.4, -0.2) is 30.8 Å². The summed E-state index contributed by atoms with van der Waals surface area (Å²) in [7, 11) is 0. The molecule has 5 rings (SSSR count). The van der Waals surface area contributed by atoms with E-state index in [4.69, 9.17) is 4.74 Å². The summed E-state index contributed by atoms with van der Waals surface area (Å²) in [5.41, 5.74) is 2.71. The molecule has 2 aliphatic heterocycles. The number of hydrogen-bond donors (Lipinski definition) is 0. The Kier molecular flexibility index (Phi) is 4.02. The van der Waals surface area contributed by atoms with E-state index in [-0.39, 0.29) is 0 Å². The summed E-state index contributed by atoms with van der Waals surface area (Å²) in [4.78, 5) is 5.05. The van der Waals surface area contributed by atoms with Crippen LogP contribution in [0.1, 0.15) is 18.4 Å². The normalized spacial score (nSPS) is 18.1. The minimum atomic E-state index is 0.586. The summed E-state index contributed by atoms with van der Waals surface area (Å²) in [5.74, 6) is 1.03. The van der Waals surface area contributed by atoms with Gasteiger partial charge in [-0.1, -0.05) is 54.6 Å². The first-order valence-corrected chi connectivity index (χ1v) is 9.56. The zero-order valence-electron chi connectivity index (χ0n) is 15.0. The van der Waals surface area contributed by atoms with Gasteiger partial charge in [0.25, 0.3) is 0 Å². The van der Waals surface area contributed by atoms with Crippen molar-refractivity contribution in [2.45, 2.75) is 25.4 Å². The number of piperidine rings is 1. The summed E-state index contributed by atoms with van der Waals surface area (Å²) in [5, 5.41) is 2.73. The van der Waals surface area contributed by atoms with E-state index in [0.29, 0.717) is 12.8 Å². The maximum Gasteiger partial charge on any atom is 0.161 e. The molecule has 132 valence electrons. The van der Waals surface area contributed by atoms with Crippen LogP contribution in [0.15, 0.2) is 66.7 Å². The standard InChI is InChI=1S/C23H24N2O/c1-2-9-21-18(6-1)7-5-8-19(21)16-24-14-12-20(13-15-24)25-17-26-23-11-4-3-10-22(23)25/h1-11,20H,12-17H2. The average molecular weight is 344 g/mol. The quantitative estimate of drug-likeness (QED) is 0.687. The fraction of sp³-hybridized carbons (Fsp3) is 0.304. The van der Waals surface area contributed by atoms with Crippen molar-refractivity contribution >= 4 is 16.5 Å². The Morgan fingerprint density at radius 2 is 1.62 bits per heavy atom. The fourth-order valence-electron chi connectivity index (χ4n) is 4.39. The van der Waals surface area contributed by atoms with Gasteiger partial charge in [0, 0.05) is 25.7 Å². The van der Waals surface area contributed by atoms with E-state index in [1.165, 1.54) is 34.9 Å². The van der Waals surface area contributed by atoms with Crippen LogP contribution in [-0.2, 0) is 6.54 Å². The number of ether oxygens (including phenoxy) is 1. The minimum absolute atomic E-state index is 0.586. The summed E-state index contributed by atoms with van der Waals surface area (Å²) in [6.07, 6.45) is 2.39. The first-order chi connectivity index (χ1) is 12.9. The van der Waals surface area contributed by atoms with Crippen molar-refractivity contribution in [3.8, 4) is 5.75 Å². The molecule has 0 atom stereocenters. The molecule has 3 aromatic rings. The lowest BCUT2D eigenvalue weighted by atomic mass is 10.0. The Morgan fingerprint density at radius 1 is 0.846 bits per heavy atom. The van der Waals surface area contributed by atoms with E-state index < -0.39 is 0 Å². The number of para-hydroxylation sites is 2. The average Bonchev–Trinajstić information content (AvgIpc) is 3.13. The van der Waals surface area contributed by atoms with Gasteiger partial charge in [-0.25, -0.2) is 0 Å². The van der Waals surface area contributed by atoms with Crippen LogP contribution >= 0.6 is 0 Å². The molecular formula is C23H24N2O. The molecule has 0 radical (unpaired) electrons. The number of anilines is 1. The highest BCUT2D eigenvalue weighted by molar-refractivity contribution is 5.85. The van der Waals surface area contributed by atoms with Crippen molar-refractivity contribution in [2.24, 2.45) is 0 Å². The Hall–Kier alpha value is -2.52. The van der Waals surface area contributed by atoms with Crippen molar-refractivity contribution in [3.63, 3.8) is 0 Å². The second-order valence-electron chi connectivity index (χ2n) is 7.36. The topological polar surface area (TPSA) is 15.7 Å². The minimum Gasteiger partial charge on any atom is -0.471 e. The lowest BCUT2D eigenvalue weighted by Gasteiger charge is -2.37. The van der Waals surface area contributed by atoms with Crippen molar-refractivity contribution in [1.29, 1.82) is 0 Å². The van der Waals surface area contributed by atoms with E-state index in [0.717, 1.165) is 25.4 Å². The van der Waals surface area contributed by atoms with Crippen LogP contribution in [0.2, 0.25) is 0 Å². The molecule has 0 spiro atoms. The number of benzene rings is 3. The zero-order valence-corrected chi connectivity index (χ0v) is 15.0. The van der Waals surface area contributed by atoms with Crippen LogP contribution in [0.5, 0.6) is 5.75 Å². The van der Waals surface area contributed by atoms with Crippen LogP contribution in [0.4, 0.5) is 5.69 Å². The summed E-state index contributed by atoms with van der Waals surface area (Å²) in [6.45, 7) is 4.04. The molecule has 0 bridgehead atoms. The highest BCUT2D eigenvalue weighted by atomic mass is 16.5. The third-order valence-electron chi connectivity index (χ3n) is 5.81. The molecule has 0 amide bonds. The number of fused-ring (bicyclic) bond motifs is 2. The van der Waals surface area contributed by atoms with Gasteiger partial charge in [-0.2, -0.15) is 0 Å². The van der Waals surface area contributed by atoms with Gasteiger partial charge in [0.05, 0.1) is 5.69 Å². The highest BCUT2D eigenvalue weighted by Crippen LogP contribution is 2.36. The number of rotatable bonds is 3. The Balaban J connectivity index is 1.26. The summed E-state index contributed by atoms with van der Waals surface area (Å²) in [6, 6.07) is 24.4. The molecule has 2 heterocycles. The molecule has 26 heavy (non-hydrogen) atoms. The lowest BCUT2D eigenvalue weighted by Crippen LogP contribution is -2.44. The third-order valence-corrected chi connectivity index (χ3v) is 5.81. The second-order valence-corrected chi connectivity index (χ2v) is 7.36. The SMILES string of the molecule is c1ccc2c(c1)OCN2C1CCN(Cc2cccc3ccccc23)CC1. The van der Waals surface area contributed by atoms with E-state index in [9.17, 15) is 0 Å². The molecule has 3 aromatic carbocycles. The predicted octanol–water partition coefficient (Wildman–Crippen LogP) is 4.66. The van der Waals surface area contributed by atoms with Crippen LogP contribution < -0.4 is 9.64 Å². The number of nitrogens with zero attached hydrogens (tertiary/aromatic N) is 2. The molecule has 0 aliphatic carbocycles. The Labute approximate surface area is 154 Å². The first kappa shape index (κ1) is 15.7. The monoisotopic (exact) mass is 344 g/mol. The summed E-state index contributed by atoms with van der Waals surface area (Å²) < 4.78 is 5.85. The smallest absolute Gasteiger partial charge is 0.161 e. The molecular weight excluding hydrogens is 320 g/mol. The molecule has 0 N–H and O–H groups in total. The maximum absolute atomic E-state index is 5.85. The molecule has 1 fully saturated rings. The van der Waals surface area contributed by atoms with Gasteiger partial charge in [0.2, 0.25) is 0 Å². The van der Waals surface area contributed by atoms with Crippen molar-refractivity contribution in [1.82, 2.24) is 4.90 Å². The number of hydrogen-bond acceptors (Lipinski definition) is 3. The maximum atomic E-state index is 5.85. The first-order valence-electron chi connectivity index (χ1n) is 9.56. The van der Waals surface area contributed by atoms with Gasteiger partial charge in [-0.05, 0) is 41.3 Å². The molecule has 0 unspecified atom stereocenters. The van der Waals surface area contributed by atoms with Crippen molar-refractivity contribution < 1.29 is 4.74 Å². The van der Waals surface area contributed by atoms with Gasteiger partial charge in [-0.3, -0.25) is 4.90 Å². The van der Waals surface area contributed by atoms with Crippen LogP contribution in [0.25, 0.3) is 10.8 Å². The number of likely N-dealkylation sites (tertiary alicyclic amines) is 1. The van der Waals surface area contributed by atoms with Gasteiger partial charge < -0.3 is 9.64 Å². The molecule has 2 aliphatic rings. The van der Waals surface area contributed by atoms with Crippen LogP contribution in [0.3, 0.4) is 0 Å². The fourth-order valence-corrected chi connectivity index (χ4v) is 4.39. The van der Waals surface area contributed by atoms with Crippen LogP contribution in [0, 0.1) is 0 Å². The summed E-state index contributed by atoms with van der Waals surface area (Å²) >= 11 is 0. The third kappa shape index (κ3) is 2.82. The van der Waals surface area contributed by atoms with Gasteiger partial charge >= 0.3 is 0 Å². The molecule has 3 nitrogen and oxygen atoms in total. The largest absolute Gasteiger partial charge is 0.471 e. The molecule has 0 saturated carbocycles. The van der Waals surface area contributed by atoms with E-state index in [2.05, 4.69) is 76.5 Å². The van der Waals surface area contributed by atoms with E-state index in [1.54, 1.807) is 0 Å². The van der Waals surface area contributed by atoms with Gasteiger partial charge in [0.1, 0.15) is 5.75 Å².